The molecule has 0 aliphatic heterocycles. The number of hydrogen-bond acceptors (Lipinski definition) is 3. The lowest BCUT2D eigenvalue weighted by molar-refractivity contribution is 1.57. The average molecular weight is 425 g/mol. The summed E-state index contributed by atoms with van der Waals surface area (Å²) in [5, 5.41) is 9.05. The molecule has 29 heavy (non-hydrogen) atoms. The molecule has 0 saturated heterocycles. The molecular formula is C24H12N2S3. The van der Waals surface area contributed by atoms with Crippen LogP contribution in [0.15, 0.2) is 60.0 Å². The van der Waals surface area contributed by atoms with Gasteiger partial charge in [-0.3, -0.25) is 0 Å². The summed E-state index contributed by atoms with van der Waals surface area (Å²) in [4.78, 5) is 7.46. The third kappa shape index (κ3) is 1.69. The maximum atomic E-state index is 3.73. The lowest BCUT2D eigenvalue weighted by atomic mass is 10.1. The molecule has 0 unspecified atom stereocenters. The predicted octanol–water partition coefficient (Wildman–Crippen LogP) is 8.60. The van der Waals surface area contributed by atoms with E-state index in [-0.39, 0.29) is 0 Å². The van der Waals surface area contributed by atoms with Crippen molar-refractivity contribution < 1.29 is 0 Å². The molecular weight excluding hydrogens is 412 g/mol. The summed E-state index contributed by atoms with van der Waals surface area (Å²) in [6.07, 6.45) is 0. The normalized spacial score (nSPS) is 12.8. The minimum atomic E-state index is 1.22. The Balaban J connectivity index is 1.73. The number of fused-ring (bicyclic) bond motifs is 14. The zero-order valence-electron chi connectivity index (χ0n) is 15.0. The number of benzene rings is 3. The molecule has 136 valence electrons. The van der Waals surface area contributed by atoms with Crippen molar-refractivity contribution in [1.29, 1.82) is 0 Å². The second-order valence-electron chi connectivity index (χ2n) is 7.53. The number of rotatable bonds is 0. The van der Waals surface area contributed by atoms with Gasteiger partial charge in [0.1, 0.15) is 0 Å². The van der Waals surface area contributed by atoms with Gasteiger partial charge in [-0.2, -0.15) is 0 Å². The van der Waals surface area contributed by atoms with E-state index in [1.54, 1.807) is 0 Å². The van der Waals surface area contributed by atoms with Crippen LogP contribution in [0.2, 0.25) is 0 Å². The van der Waals surface area contributed by atoms with Crippen LogP contribution in [0.25, 0.3) is 72.5 Å². The highest BCUT2D eigenvalue weighted by atomic mass is 32.1. The van der Waals surface area contributed by atoms with Crippen LogP contribution in [-0.2, 0) is 0 Å². The van der Waals surface area contributed by atoms with Crippen molar-refractivity contribution >= 4 is 107 Å². The lowest BCUT2D eigenvalue weighted by Crippen LogP contribution is -1.73. The molecule has 0 aliphatic carbocycles. The Hall–Kier alpha value is -2.86. The number of nitrogens with one attached hydrogen (secondary N) is 2. The summed E-state index contributed by atoms with van der Waals surface area (Å²) in [6.45, 7) is 0. The Bertz CT molecular complexity index is 1920. The molecule has 0 spiro atoms. The molecule has 8 rings (SSSR count). The van der Waals surface area contributed by atoms with Gasteiger partial charge in [-0.25, -0.2) is 0 Å². The Kier molecular flexibility index (Phi) is 2.59. The molecule has 8 aromatic rings. The number of para-hydroxylation sites is 2. The fourth-order valence-electron chi connectivity index (χ4n) is 4.81. The molecule has 0 bridgehead atoms. The van der Waals surface area contributed by atoms with E-state index in [0.29, 0.717) is 0 Å². The topological polar surface area (TPSA) is 31.6 Å². The van der Waals surface area contributed by atoms with Crippen LogP contribution < -0.4 is 0 Å². The summed E-state index contributed by atoms with van der Waals surface area (Å²) in [5.41, 5.74) is 5.02. The molecule has 0 aliphatic rings. The van der Waals surface area contributed by atoms with Gasteiger partial charge >= 0.3 is 0 Å². The van der Waals surface area contributed by atoms with Crippen LogP contribution in [-0.4, -0.2) is 9.97 Å². The molecule has 0 amide bonds. The molecule has 5 heterocycles. The van der Waals surface area contributed by atoms with Crippen LogP contribution in [0.4, 0.5) is 0 Å². The summed E-state index contributed by atoms with van der Waals surface area (Å²) < 4.78 is 6.96. The van der Waals surface area contributed by atoms with Crippen LogP contribution in [0.3, 0.4) is 0 Å². The van der Waals surface area contributed by atoms with Crippen LogP contribution >= 0.6 is 34.0 Å². The number of aromatic amines is 2. The second kappa shape index (κ2) is 5.00. The standard InChI is InChI=1S/C24H12N2S3/c1-3-7-14-11(5-1)22-19(26-14)17-21(28-22)13-9-10-27-20(13)16-18-23(29-24(16)17)12-6-2-4-8-15(12)25-18/h1-10,25-26H. The van der Waals surface area contributed by atoms with Crippen LogP contribution in [0.5, 0.6) is 0 Å². The molecule has 0 fully saturated rings. The van der Waals surface area contributed by atoms with Crippen molar-refractivity contribution in [3.63, 3.8) is 0 Å². The van der Waals surface area contributed by atoms with Gasteiger partial charge in [-0.05, 0) is 23.6 Å². The van der Waals surface area contributed by atoms with E-state index < -0.39 is 0 Å². The van der Waals surface area contributed by atoms with E-state index in [1.165, 1.54) is 72.5 Å². The number of hydrogen-bond donors (Lipinski definition) is 2. The van der Waals surface area contributed by atoms with Gasteiger partial charge in [0.05, 0.1) is 20.4 Å². The molecule has 2 nitrogen and oxygen atoms in total. The third-order valence-electron chi connectivity index (χ3n) is 6.04. The lowest BCUT2D eigenvalue weighted by Gasteiger charge is -1.99. The Morgan fingerprint density at radius 1 is 0.517 bits per heavy atom. The first-order valence-corrected chi connectivity index (χ1v) is 12.0. The Labute approximate surface area is 176 Å². The first kappa shape index (κ1) is 15.0. The maximum absolute atomic E-state index is 3.73. The first-order chi connectivity index (χ1) is 14.4. The summed E-state index contributed by atoms with van der Waals surface area (Å²) >= 11 is 5.73. The highest BCUT2D eigenvalue weighted by molar-refractivity contribution is 7.32. The molecule has 5 aromatic heterocycles. The zero-order valence-corrected chi connectivity index (χ0v) is 17.4. The molecule has 3 aromatic carbocycles. The monoisotopic (exact) mass is 424 g/mol. The van der Waals surface area contributed by atoms with Gasteiger partial charge in [0.15, 0.2) is 0 Å². The van der Waals surface area contributed by atoms with Crippen LogP contribution in [0, 0.1) is 0 Å². The van der Waals surface area contributed by atoms with Gasteiger partial charge in [0, 0.05) is 52.1 Å². The van der Waals surface area contributed by atoms with E-state index >= 15 is 0 Å². The Morgan fingerprint density at radius 3 is 1.79 bits per heavy atom. The van der Waals surface area contributed by atoms with Crippen molar-refractivity contribution in [3.8, 4) is 0 Å². The summed E-state index contributed by atoms with van der Waals surface area (Å²) in [6, 6.07) is 19.6. The largest absolute Gasteiger partial charge is 0.353 e. The second-order valence-corrected chi connectivity index (χ2v) is 10.5. The fraction of sp³-hybridized carbons (Fsp3) is 0. The average Bonchev–Trinajstić information content (AvgIpc) is 3.51. The molecule has 2 N–H and O–H groups in total. The Morgan fingerprint density at radius 2 is 1.10 bits per heavy atom. The molecule has 0 saturated carbocycles. The van der Waals surface area contributed by atoms with Gasteiger partial charge in [0.25, 0.3) is 0 Å². The molecule has 0 atom stereocenters. The minimum Gasteiger partial charge on any atom is -0.353 e. The predicted molar refractivity (Wildman–Crippen MR) is 131 cm³/mol. The van der Waals surface area contributed by atoms with Gasteiger partial charge in [0.2, 0.25) is 0 Å². The highest BCUT2D eigenvalue weighted by Crippen LogP contribution is 2.52. The zero-order chi connectivity index (χ0) is 18.7. The van der Waals surface area contributed by atoms with Gasteiger partial charge in [-0.15, -0.1) is 34.0 Å². The van der Waals surface area contributed by atoms with E-state index in [1.807, 2.05) is 34.0 Å². The number of H-pyrrole nitrogens is 2. The van der Waals surface area contributed by atoms with E-state index in [0.717, 1.165) is 0 Å². The van der Waals surface area contributed by atoms with Crippen molar-refractivity contribution in [2.75, 3.05) is 0 Å². The van der Waals surface area contributed by atoms with Crippen molar-refractivity contribution in [1.82, 2.24) is 9.97 Å². The quantitative estimate of drug-likeness (QED) is 0.244. The summed E-state index contributed by atoms with van der Waals surface area (Å²) in [5.74, 6) is 0. The smallest absolute Gasteiger partial charge is 0.0669 e. The fourth-order valence-corrected chi connectivity index (χ4v) is 8.66. The SMILES string of the molecule is c1ccc2c(c1)[nH]c1c2sc2c1c1sccc1c1sc3c4ccccc4[nH]c3c12. The van der Waals surface area contributed by atoms with Gasteiger partial charge in [-0.1, -0.05) is 36.4 Å². The number of aromatic nitrogens is 2. The number of thiophene rings is 3. The van der Waals surface area contributed by atoms with Crippen molar-refractivity contribution in [2.45, 2.75) is 0 Å². The molecule has 0 radical (unpaired) electrons. The van der Waals surface area contributed by atoms with Crippen LogP contribution in [0.1, 0.15) is 0 Å². The minimum absolute atomic E-state index is 1.22. The maximum Gasteiger partial charge on any atom is 0.0669 e. The third-order valence-corrected chi connectivity index (χ3v) is 9.47. The summed E-state index contributed by atoms with van der Waals surface area (Å²) in [7, 11) is 0. The molecule has 5 heteroatoms. The highest BCUT2D eigenvalue weighted by Gasteiger charge is 2.22. The van der Waals surface area contributed by atoms with Crippen molar-refractivity contribution in [2.24, 2.45) is 0 Å². The van der Waals surface area contributed by atoms with Gasteiger partial charge < -0.3 is 9.97 Å². The first-order valence-electron chi connectivity index (χ1n) is 9.53. The van der Waals surface area contributed by atoms with Crippen molar-refractivity contribution in [3.05, 3.63) is 60.0 Å². The van der Waals surface area contributed by atoms with E-state index in [4.69, 9.17) is 0 Å². The van der Waals surface area contributed by atoms with E-state index in [9.17, 15) is 0 Å². The van der Waals surface area contributed by atoms with E-state index in [2.05, 4.69) is 69.9 Å².